The third-order valence-corrected chi connectivity index (χ3v) is 12.1. The van der Waals surface area contributed by atoms with Gasteiger partial charge in [0.2, 0.25) is 0 Å². The monoisotopic (exact) mass is 608 g/mol. The van der Waals surface area contributed by atoms with E-state index in [0.717, 1.165) is 24.3 Å². The molecule has 0 saturated carbocycles. The Balaban J connectivity index is 1.56. The van der Waals surface area contributed by atoms with E-state index in [1.54, 1.807) is 20.4 Å². The van der Waals surface area contributed by atoms with Crippen LogP contribution in [0.5, 0.6) is 11.5 Å². The summed E-state index contributed by atoms with van der Waals surface area (Å²) in [6.45, 7) is 0. The van der Waals surface area contributed by atoms with Gasteiger partial charge in [-0.3, -0.25) is 0 Å². The van der Waals surface area contributed by atoms with Crippen LogP contribution in [-0.2, 0) is 40.1 Å². The minimum absolute atomic E-state index is 0.0607. The predicted octanol–water partition coefficient (Wildman–Crippen LogP) is 2.81. The van der Waals surface area contributed by atoms with Gasteiger partial charge in [-0.15, -0.1) is 8.25 Å². The molecule has 4 rings (SSSR count). The maximum Gasteiger partial charge on any atom is 0.253 e. The third kappa shape index (κ3) is 6.89. The second-order valence-corrected chi connectivity index (χ2v) is 15.1. The van der Waals surface area contributed by atoms with Crippen LogP contribution in [0.4, 0.5) is 0 Å². The largest absolute Gasteiger partial charge is 0.457 e. The molecule has 0 fully saturated rings. The maximum absolute atomic E-state index is 12.8. The number of hydrogen-bond donors (Lipinski definition) is 2. The van der Waals surface area contributed by atoms with E-state index in [-0.39, 0.29) is 21.3 Å². The van der Waals surface area contributed by atoms with Gasteiger partial charge in [-0.25, -0.2) is 33.7 Å². The van der Waals surface area contributed by atoms with Crippen LogP contribution in [0.15, 0.2) is 129 Å². The summed E-state index contributed by atoms with van der Waals surface area (Å²) in [6.07, 6.45) is 0. The quantitative estimate of drug-likeness (QED) is 0.275. The zero-order valence-electron chi connectivity index (χ0n) is 19.7. The Kier molecular flexibility index (Phi) is 7.92. The van der Waals surface area contributed by atoms with Crippen molar-refractivity contribution in [3.63, 3.8) is 0 Å². The summed E-state index contributed by atoms with van der Waals surface area (Å²) in [5.41, 5.74) is 0. The first-order valence-corrected chi connectivity index (χ1v) is 16.8. The van der Waals surface area contributed by atoms with E-state index in [4.69, 9.17) is 4.74 Å². The molecule has 0 heterocycles. The number of nitrogens with one attached hydrogen (secondary N) is 2. The lowest BCUT2D eigenvalue weighted by molar-refractivity contribution is 0.478. The summed E-state index contributed by atoms with van der Waals surface area (Å²) in [4.78, 5) is -1.36. The number of rotatable bonds is 10. The van der Waals surface area contributed by atoms with E-state index in [0.29, 0.717) is 0 Å². The van der Waals surface area contributed by atoms with Crippen LogP contribution in [0, 0.1) is 0 Å². The number of hydrogen-bond acceptors (Lipinski definition) is 9. The van der Waals surface area contributed by atoms with Gasteiger partial charge in [0.1, 0.15) is 11.5 Å². The Morgan fingerprint density at radius 1 is 0.385 bits per heavy atom. The van der Waals surface area contributed by atoms with Crippen LogP contribution >= 0.6 is 0 Å². The lowest BCUT2D eigenvalue weighted by atomic mass is 10.3. The molecule has 0 spiro atoms. The van der Waals surface area contributed by atoms with Crippen molar-refractivity contribution in [2.24, 2.45) is 0 Å². The fraction of sp³-hybridized carbons (Fsp3) is 0. The summed E-state index contributed by atoms with van der Waals surface area (Å²) < 4.78 is 110. The molecule has 0 unspecified atom stereocenters. The van der Waals surface area contributed by atoms with Crippen LogP contribution in [0.25, 0.3) is 0 Å². The molecule has 0 aromatic heterocycles. The summed E-state index contributed by atoms with van der Waals surface area (Å²) in [5.74, 6) is -0.121. The van der Waals surface area contributed by atoms with E-state index in [1.165, 1.54) is 72.8 Å². The zero-order valence-corrected chi connectivity index (χ0v) is 23.0. The van der Waals surface area contributed by atoms with Crippen molar-refractivity contribution in [1.29, 1.82) is 0 Å². The van der Waals surface area contributed by atoms with Gasteiger partial charge in [-0.05, 0) is 48.5 Å². The van der Waals surface area contributed by atoms with Crippen molar-refractivity contribution in [2.75, 3.05) is 0 Å². The van der Waals surface area contributed by atoms with Gasteiger partial charge in [0.25, 0.3) is 40.1 Å². The molecule has 0 saturated heterocycles. The Labute approximate surface area is 226 Å². The normalized spacial score (nSPS) is 12.6. The molecule has 4 aromatic rings. The Morgan fingerprint density at radius 2 is 0.692 bits per heavy atom. The fourth-order valence-corrected chi connectivity index (χ4v) is 9.17. The van der Waals surface area contributed by atoms with Crippen molar-refractivity contribution >= 4 is 40.1 Å². The molecule has 2 N–H and O–H groups in total. The standard InChI is InChI=1S/C24H20N2O9S4/c27-36(28,21-11-3-1-4-12-21)25-38(31,32)23-15-7-9-19(17-23)35-20-10-8-16-24(18-20)39(33,34)26-37(29,30)22-13-5-2-6-14-22/h1-18,25-26H. The molecule has 0 bridgehead atoms. The fourth-order valence-electron chi connectivity index (χ4n) is 3.23. The van der Waals surface area contributed by atoms with Gasteiger partial charge < -0.3 is 4.74 Å². The molecule has 15 heteroatoms. The summed E-state index contributed by atoms with van der Waals surface area (Å²) in [6, 6.07) is 23.6. The molecule has 0 aliphatic carbocycles. The molecule has 39 heavy (non-hydrogen) atoms. The third-order valence-electron chi connectivity index (χ3n) is 5.01. The predicted molar refractivity (Wildman–Crippen MR) is 141 cm³/mol. The van der Waals surface area contributed by atoms with Gasteiger partial charge in [0.05, 0.1) is 19.6 Å². The highest BCUT2D eigenvalue weighted by Crippen LogP contribution is 2.27. The van der Waals surface area contributed by atoms with Crippen LogP contribution in [0.2, 0.25) is 0 Å². The Morgan fingerprint density at radius 3 is 1.05 bits per heavy atom. The molecule has 204 valence electrons. The minimum Gasteiger partial charge on any atom is -0.457 e. The smallest absolute Gasteiger partial charge is 0.253 e. The second kappa shape index (κ2) is 10.9. The van der Waals surface area contributed by atoms with E-state index < -0.39 is 49.9 Å². The average molecular weight is 609 g/mol. The highest BCUT2D eigenvalue weighted by molar-refractivity contribution is 8.05. The molecular weight excluding hydrogens is 589 g/mol. The molecule has 0 radical (unpaired) electrons. The molecule has 0 aliphatic heterocycles. The van der Waals surface area contributed by atoms with Crippen LogP contribution in [-0.4, -0.2) is 33.7 Å². The highest BCUT2D eigenvalue weighted by atomic mass is 32.3. The molecule has 11 nitrogen and oxygen atoms in total. The molecule has 0 aliphatic rings. The minimum atomic E-state index is -4.55. The van der Waals surface area contributed by atoms with Gasteiger partial charge in [-0.2, -0.15) is 0 Å². The first kappa shape index (κ1) is 28.4. The Hall–Kier alpha value is -3.60. The van der Waals surface area contributed by atoms with E-state index >= 15 is 0 Å². The summed E-state index contributed by atoms with van der Waals surface area (Å²) in [5, 5.41) is 0. The summed E-state index contributed by atoms with van der Waals surface area (Å²) in [7, 11) is -17.9. The molecular formula is C24H20N2O9S4. The van der Waals surface area contributed by atoms with Crippen LogP contribution < -0.4 is 13.0 Å². The van der Waals surface area contributed by atoms with Crippen LogP contribution in [0.3, 0.4) is 0 Å². The average Bonchev–Trinajstić information content (AvgIpc) is 2.89. The Bertz CT molecular complexity index is 1790. The van der Waals surface area contributed by atoms with E-state index in [9.17, 15) is 33.7 Å². The molecule has 4 aromatic carbocycles. The van der Waals surface area contributed by atoms with Crippen molar-refractivity contribution in [1.82, 2.24) is 8.25 Å². The van der Waals surface area contributed by atoms with Crippen molar-refractivity contribution < 1.29 is 38.4 Å². The van der Waals surface area contributed by atoms with Crippen LogP contribution in [0.1, 0.15) is 0 Å². The number of sulfonamides is 4. The lowest BCUT2D eigenvalue weighted by Crippen LogP contribution is -2.30. The SMILES string of the molecule is O=S(=O)(NS(=O)(=O)c1cccc(Oc2cccc(S(=O)(=O)NS(=O)(=O)c3ccccc3)c2)c1)c1ccccc1. The summed E-state index contributed by atoms with van der Waals surface area (Å²) >= 11 is 0. The van der Waals surface area contributed by atoms with Gasteiger partial charge in [0.15, 0.2) is 0 Å². The number of benzene rings is 4. The second-order valence-electron chi connectivity index (χ2n) is 7.86. The van der Waals surface area contributed by atoms with Crippen molar-refractivity contribution in [3.05, 3.63) is 109 Å². The molecule has 0 atom stereocenters. The van der Waals surface area contributed by atoms with E-state index in [2.05, 4.69) is 0 Å². The first-order valence-electron chi connectivity index (χ1n) is 10.8. The number of ether oxygens (including phenoxy) is 1. The lowest BCUT2D eigenvalue weighted by Gasteiger charge is -2.12. The van der Waals surface area contributed by atoms with Gasteiger partial charge in [0, 0.05) is 12.1 Å². The molecule has 0 amide bonds. The zero-order chi connectivity index (χ0) is 28.3. The van der Waals surface area contributed by atoms with Gasteiger partial charge >= 0.3 is 0 Å². The highest BCUT2D eigenvalue weighted by Gasteiger charge is 2.26. The van der Waals surface area contributed by atoms with Crippen molar-refractivity contribution in [2.45, 2.75) is 19.6 Å². The van der Waals surface area contributed by atoms with Gasteiger partial charge in [-0.1, -0.05) is 48.5 Å². The topological polar surface area (TPSA) is 170 Å². The van der Waals surface area contributed by atoms with E-state index in [1.807, 2.05) is 0 Å². The maximum atomic E-state index is 12.8. The first-order chi connectivity index (χ1) is 18.3. The van der Waals surface area contributed by atoms with Crippen molar-refractivity contribution in [3.8, 4) is 11.5 Å².